The van der Waals surface area contributed by atoms with E-state index in [-0.39, 0.29) is 5.56 Å². The van der Waals surface area contributed by atoms with Crippen LogP contribution in [0.25, 0.3) is 10.8 Å². The van der Waals surface area contributed by atoms with Crippen LogP contribution in [0.5, 0.6) is 5.75 Å². The minimum absolute atomic E-state index is 0.256. The van der Waals surface area contributed by atoms with E-state index in [1.165, 1.54) is 37.7 Å². The van der Waals surface area contributed by atoms with Gasteiger partial charge in [-0.05, 0) is 78.5 Å². The van der Waals surface area contributed by atoms with E-state index in [1.807, 2.05) is 24.3 Å². The Morgan fingerprint density at radius 2 is 1.62 bits per heavy atom. The molecule has 0 spiro atoms. The third kappa shape index (κ3) is 7.13. The molecule has 0 N–H and O–H groups in total. The zero-order valence-corrected chi connectivity index (χ0v) is 20.5. The Labute approximate surface area is 214 Å². The fourth-order valence-electron chi connectivity index (χ4n) is 4.99. The second-order valence-corrected chi connectivity index (χ2v) is 9.70. The average molecular weight is 513 g/mol. The highest BCUT2D eigenvalue weighted by molar-refractivity contribution is 5.88. The van der Waals surface area contributed by atoms with Crippen molar-refractivity contribution in [3.05, 3.63) is 89.5 Å². The van der Waals surface area contributed by atoms with Crippen LogP contribution in [0.3, 0.4) is 0 Å². The number of allylic oxidation sites excluding steroid dienone is 1. The largest absolute Gasteiger partial charge is 0.481 e. The molecule has 1 aliphatic rings. The van der Waals surface area contributed by atoms with E-state index in [0.717, 1.165) is 47.6 Å². The van der Waals surface area contributed by atoms with E-state index < -0.39 is 30.2 Å². The second-order valence-electron chi connectivity index (χ2n) is 9.70. The maximum atomic E-state index is 14.4. The molecule has 0 unspecified atom stereocenters. The van der Waals surface area contributed by atoms with Crippen molar-refractivity contribution in [1.29, 1.82) is 0 Å². The van der Waals surface area contributed by atoms with Crippen molar-refractivity contribution in [1.82, 2.24) is 0 Å². The van der Waals surface area contributed by atoms with Crippen molar-refractivity contribution in [2.45, 2.75) is 51.1 Å². The number of ether oxygens (including phenoxy) is 1. The Morgan fingerprint density at radius 3 is 2.35 bits per heavy atom. The Morgan fingerprint density at radius 1 is 0.892 bits per heavy atom. The van der Waals surface area contributed by atoms with Gasteiger partial charge in [-0.2, -0.15) is 17.6 Å². The summed E-state index contributed by atoms with van der Waals surface area (Å²) in [5.74, 6) is 3.40. The molecule has 4 rings (SSSR count). The van der Waals surface area contributed by atoms with E-state index in [9.17, 15) is 22.0 Å². The smallest absolute Gasteiger partial charge is 0.422 e. The number of alkyl halides is 3. The van der Waals surface area contributed by atoms with Crippen LogP contribution in [0.15, 0.2) is 61.2 Å². The van der Waals surface area contributed by atoms with Gasteiger partial charge in [0, 0.05) is 5.56 Å². The molecular formula is C31H29F5O. The Balaban J connectivity index is 1.45. The summed E-state index contributed by atoms with van der Waals surface area (Å²) >= 11 is 0. The van der Waals surface area contributed by atoms with E-state index >= 15 is 0 Å². The first-order valence-electron chi connectivity index (χ1n) is 12.6. The molecule has 1 fully saturated rings. The molecule has 0 aromatic heterocycles. The monoisotopic (exact) mass is 512 g/mol. The number of hydrogen-bond donors (Lipinski definition) is 0. The molecule has 0 radical (unpaired) electrons. The van der Waals surface area contributed by atoms with Crippen molar-refractivity contribution < 1.29 is 26.7 Å². The van der Waals surface area contributed by atoms with Gasteiger partial charge in [0.1, 0.15) is 0 Å². The van der Waals surface area contributed by atoms with Crippen LogP contribution in [-0.2, 0) is 6.42 Å². The average Bonchev–Trinajstić information content (AvgIpc) is 2.88. The topological polar surface area (TPSA) is 9.23 Å². The molecule has 3 aromatic rings. The van der Waals surface area contributed by atoms with Crippen molar-refractivity contribution in [3.63, 3.8) is 0 Å². The van der Waals surface area contributed by atoms with Gasteiger partial charge in [0.15, 0.2) is 18.2 Å². The van der Waals surface area contributed by atoms with Crippen molar-refractivity contribution in [2.75, 3.05) is 6.61 Å². The van der Waals surface area contributed by atoms with Crippen molar-refractivity contribution >= 4 is 10.8 Å². The highest BCUT2D eigenvalue weighted by Gasteiger charge is 2.29. The van der Waals surface area contributed by atoms with Crippen LogP contribution in [0.4, 0.5) is 22.0 Å². The fourth-order valence-corrected chi connectivity index (χ4v) is 4.99. The standard InChI is InChI=1S/C31H29F5O/c1-2-4-21-7-9-22(10-8-21)11-12-23-13-17-27-24(5-3-6-26(27)19-23)14-15-25-16-18-28(30(33)29(25)32)37-20-31(34,35)36/h2-3,5-6,13,16-19,21-22H,1,4,7-12,20H2. The molecular weight excluding hydrogens is 483 g/mol. The van der Waals surface area contributed by atoms with Gasteiger partial charge in [-0.15, -0.1) is 6.58 Å². The summed E-state index contributed by atoms with van der Waals surface area (Å²) in [4.78, 5) is 0. The van der Waals surface area contributed by atoms with Crippen LogP contribution in [-0.4, -0.2) is 12.8 Å². The summed E-state index contributed by atoms with van der Waals surface area (Å²) in [6.07, 6.45) is 5.79. The second kappa shape index (κ2) is 11.8. The van der Waals surface area contributed by atoms with Gasteiger partial charge in [-0.25, -0.2) is 4.39 Å². The minimum Gasteiger partial charge on any atom is -0.481 e. The summed E-state index contributed by atoms with van der Waals surface area (Å²) in [5, 5.41) is 1.91. The molecule has 0 atom stereocenters. The Bertz CT molecular complexity index is 1310. The van der Waals surface area contributed by atoms with Crippen LogP contribution >= 0.6 is 0 Å². The van der Waals surface area contributed by atoms with Gasteiger partial charge < -0.3 is 4.74 Å². The molecule has 0 saturated heterocycles. The molecule has 1 aliphatic carbocycles. The van der Waals surface area contributed by atoms with Crippen LogP contribution in [0.1, 0.15) is 55.2 Å². The lowest BCUT2D eigenvalue weighted by Gasteiger charge is -2.27. The minimum atomic E-state index is -4.65. The molecule has 0 heterocycles. The summed E-state index contributed by atoms with van der Waals surface area (Å²) in [6.45, 7) is 2.15. The predicted octanol–water partition coefficient (Wildman–Crippen LogP) is 8.77. The third-order valence-corrected chi connectivity index (χ3v) is 7.02. The lowest BCUT2D eigenvalue weighted by Crippen LogP contribution is -2.19. The molecule has 37 heavy (non-hydrogen) atoms. The van der Waals surface area contributed by atoms with Crippen molar-refractivity contribution in [2.24, 2.45) is 11.8 Å². The Hall–Kier alpha value is -3.33. The Kier molecular flexibility index (Phi) is 8.53. The van der Waals surface area contributed by atoms with Crippen LogP contribution in [0, 0.1) is 35.3 Å². The quantitative estimate of drug-likeness (QED) is 0.175. The summed E-state index contributed by atoms with van der Waals surface area (Å²) < 4.78 is 69.9. The molecule has 6 heteroatoms. The molecule has 0 amide bonds. The summed E-state index contributed by atoms with van der Waals surface area (Å²) in [7, 11) is 0. The first kappa shape index (κ1) is 26.7. The van der Waals surface area contributed by atoms with E-state index in [0.29, 0.717) is 5.56 Å². The zero-order chi connectivity index (χ0) is 26.4. The molecule has 0 bridgehead atoms. The first-order valence-corrected chi connectivity index (χ1v) is 12.6. The molecule has 194 valence electrons. The number of halogens is 5. The van der Waals surface area contributed by atoms with Gasteiger partial charge in [-0.1, -0.05) is 61.1 Å². The zero-order valence-electron chi connectivity index (χ0n) is 20.5. The maximum Gasteiger partial charge on any atom is 0.422 e. The van der Waals surface area contributed by atoms with E-state index in [4.69, 9.17) is 0 Å². The number of rotatable bonds is 7. The summed E-state index contributed by atoms with van der Waals surface area (Å²) in [6, 6.07) is 14.0. The molecule has 1 saturated carbocycles. The van der Waals surface area contributed by atoms with E-state index in [2.05, 4.69) is 35.3 Å². The van der Waals surface area contributed by atoms with Gasteiger partial charge in [-0.3, -0.25) is 0 Å². The first-order chi connectivity index (χ1) is 17.7. The molecule has 1 nitrogen and oxygen atoms in total. The SMILES string of the molecule is C=CCC1CCC(CCc2ccc3c(C#Cc4ccc(OCC(F)(F)F)c(F)c4F)cccc3c2)CC1. The van der Waals surface area contributed by atoms with E-state index in [1.54, 1.807) is 6.07 Å². The lowest BCUT2D eigenvalue weighted by molar-refractivity contribution is -0.153. The predicted molar refractivity (Wildman–Crippen MR) is 136 cm³/mol. The number of fused-ring (bicyclic) bond motifs is 1. The van der Waals surface area contributed by atoms with Gasteiger partial charge >= 0.3 is 6.18 Å². The number of aryl methyl sites for hydroxylation is 1. The highest BCUT2D eigenvalue weighted by atomic mass is 19.4. The third-order valence-electron chi connectivity index (χ3n) is 7.02. The molecule has 0 aliphatic heterocycles. The normalized spacial score (nSPS) is 17.8. The maximum absolute atomic E-state index is 14.4. The van der Waals surface area contributed by atoms with Crippen LogP contribution in [0.2, 0.25) is 0 Å². The van der Waals surface area contributed by atoms with Gasteiger partial charge in [0.05, 0.1) is 5.56 Å². The van der Waals surface area contributed by atoms with Crippen LogP contribution < -0.4 is 4.74 Å². The fraction of sp³-hybridized carbons (Fsp3) is 0.355. The summed E-state index contributed by atoms with van der Waals surface area (Å²) in [5.41, 5.74) is 1.66. The molecule has 3 aromatic carbocycles. The number of benzene rings is 3. The van der Waals surface area contributed by atoms with Crippen molar-refractivity contribution in [3.8, 4) is 17.6 Å². The highest BCUT2D eigenvalue weighted by Crippen LogP contribution is 2.34. The van der Waals surface area contributed by atoms with Gasteiger partial charge in [0.25, 0.3) is 0 Å². The lowest BCUT2D eigenvalue weighted by atomic mass is 9.78. The number of hydrogen-bond acceptors (Lipinski definition) is 1. The van der Waals surface area contributed by atoms with Gasteiger partial charge in [0.2, 0.25) is 5.82 Å².